The molecule has 0 amide bonds. The molecular weight excluding hydrogens is 729 g/mol. The largest absolute Gasteiger partial charge is 0.424 e. The minimum absolute atomic E-state index is 0.0353. The van der Waals surface area contributed by atoms with Crippen LogP contribution in [0, 0.1) is 0 Å². The molecule has 7 aromatic rings. The van der Waals surface area contributed by atoms with E-state index in [0.29, 0.717) is 0 Å². The van der Waals surface area contributed by atoms with Gasteiger partial charge in [0.25, 0.3) is 6.71 Å². The minimum atomic E-state index is -0.332. The molecule has 0 bridgehead atoms. The molecular formula is C55H58BN3O. The Morgan fingerprint density at radius 1 is 0.467 bits per heavy atom. The lowest BCUT2D eigenvalue weighted by Gasteiger charge is -2.44. The number of oxazole rings is 1. The van der Waals surface area contributed by atoms with E-state index in [1.165, 1.54) is 39.0 Å². The predicted molar refractivity (Wildman–Crippen MR) is 256 cm³/mol. The number of hydrogen-bond donors (Lipinski definition) is 0. The third-order valence-electron chi connectivity index (χ3n) is 12.4. The summed E-state index contributed by atoms with van der Waals surface area (Å²) in [6.07, 6.45) is 0. The SMILES string of the molecule is CC(C)(C)c1ccc(N2c3ccc(C(C)(C)C)cc3B3c4nc(C(C)(C)C)oc4N(c4c(-c5ccccc5)cccc4-c4ccccc4)c4cc(C(C)(C)C)cc2c43)cc1. The number of anilines is 6. The van der Waals surface area contributed by atoms with Gasteiger partial charge in [-0.1, -0.05) is 186 Å². The van der Waals surface area contributed by atoms with Crippen molar-refractivity contribution in [3.63, 3.8) is 0 Å². The summed E-state index contributed by atoms with van der Waals surface area (Å²) < 4.78 is 7.27. The molecule has 5 heteroatoms. The van der Waals surface area contributed by atoms with Crippen molar-refractivity contribution in [3.05, 3.63) is 156 Å². The third-order valence-corrected chi connectivity index (χ3v) is 12.4. The second kappa shape index (κ2) is 13.9. The molecule has 9 rings (SSSR count). The highest BCUT2D eigenvalue weighted by Crippen LogP contribution is 2.51. The first-order valence-electron chi connectivity index (χ1n) is 21.6. The van der Waals surface area contributed by atoms with Crippen LogP contribution >= 0.6 is 0 Å². The van der Waals surface area contributed by atoms with E-state index in [4.69, 9.17) is 9.40 Å². The summed E-state index contributed by atoms with van der Waals surface area (Å²) >= 11 is 0. The molecule has 0 spiro atoms. The van der Waals surface area contributed by atoms with E-state index >= 15 is 0 Å². The molecule has 302 valence electrons. The summed E-state index contributed by atoms with van der Waals surface area (Å²) in [4.78, 5) is 10.6. The zero-order valence-electron chi connectivity index (χ0n) is 37.5. The van der Waals surface area contributed by atoms with Crippen molar-refractivity contribution in [2.45, 2.75) is 105 Å². The van der Waals surface area contributed by atoms with Crippen LogP contribution < -0.4 is 26.3 Å². The van der Waals surface area contributed by atoms with Crippen molar-refractivity contribution in [1.82, 2.24) is 4.98 Å². The zero-order valence-corrected chi connectivity index (χ0v) is 37.5. The first-order chi connectivity index (χ1) is 28.3. The highest BCUT2D eigenvalue weighted by Gasteiger charge is 2.49. The Labute approximate surface area is 358 Å². The molecule has 6 aromatic carbocycles. The molecule has 1 aromatic heterocycles. The molecule has 0 unspecified atom stereocenters. The monoisotopic (exact) mass is 787 g/mol. The number of nitrogens with zero attached hydrogens (tertiary/aromatic N) is 3. The number of fused-ring (bicyclic) bond motifs is 4. The highest BCUT2D eigenvalue weighted by molar-refractivity contribution is 6.99. The Hall–Kier alpha value is -5.81. The van der Waals surface area contributed by atoms with Gasteiger partial charge in [-0.2, -0.15) is 0 Å². The first kappa shape index (κ1) is 39.6. The minimum Gasteiger partial charge on any atom is -0.424 e. The average molecular weight is 788 g/mol. The standard InChI is InChI=1S/C55H58BN3O/c1-52(2,3)37-26-29-40(30-27-37)58-44-31-28-38(53(4,5)6)32-43(44)56-47-45(58)33-39(54(7,8)9)34-46(47)59(50-49(56)57-51(60-50)55(10,11)12)48-41(35-20-15-13-16-21-35)24-19-25-42(48)36-22-17-14-18-23-36/h13-34H,1-12H3. The Balaban J connectivity index is 1.45. The van der Waals surface area contributed by atoms with Gasteiger partial charge in [-0.25, -0.2) is 4.98 Å². The summed E-state index contributed by atoms with van der Waals surface area (Å²) in [7, 11) is 0. The van der Waals surface area contributed by atoms with Gasteiger partial charge < -0.3 is 9.32 Å². The van der Waals surface area contributed by atoms with Crippen molar-refractivity contribution in [2.24, 2.45) is 0 Å². The van der Waals surface area contributed by atoms with Gasteiger partial charge in [-0.05, 0) is 85.3 Å². The predicted octanol–water partition coefficient (Wildman–Crippen LogP) is 13.3. The molecule has 3 heterocycles. The van der Waals surface area contributed by atoms with E-state index in [1.807, 2.05) is 0 Å². The van der Waals surface area contributed by atoms with Gasteiger partial charge in [0.05, 0.1) is 11.3 Å². The van der Waals surface area contributed by atoms with Crippen molar-refractivity contribution in [2.75, 3.05) is 9.80 Å². The Kier molecular flexibility index (Phi) is 9.17. The van der Waals surface area contributed by atoms with E-state index in [2.05, 4.69) is 226 Å². The second-order valence-electron chi connectivity index (χ2n) is 21.0. The van der Waals surface area contributed by atoms with E-state index in [-0.39, 0.29) is 28.4 Å². The van der Waals surface area contributed by atoms with E-state index < -0.39 is 0 Å². The van der Waals surface area contributed by atoms with Crippen LogP contribution in [0.2, 0.25) is 0 Å². The lowest BCUT2D eigenvalue weighted by Crippen LogP contribution is -2.62. The summed E-state index contributed by atoms with van der Waals surface area (Å²) in [5.74, 6) is 1.51. The summed E-state index contributed by atoms with van der Waals surface area (Å²) in [5, 5.41) is 0. The zero-order chi connectivity index (χ0) is 42.5. The van der Waals surface area contributed by atoms with Crippen LogP contribution in [0.25, 0.3) is 22.3 Å². The maximum absolute atomic E-state index is 7.27. The van der Waals surface area contributed by atoms with Gasteiger partial charge in [-0.15, -0.1) is 0 Å². The Bertz CT molecular complexity index is 2680. The van der Waals surface area contributed by atoms with Crippen molar-refractivity contribution in [3.8, 4) is 22.3 Å². The van der Waals surface area contributed by atoms with Crippen LogP contribution in [0.5, 0.6) is 0 Å². The maximum Gasteiger partial charge on any atom is 0.279 e. The summed E-state index contributed by atoms with van der Waals surface area (Å²) in [6, 6.07) is 49.6. The third kappa shape index (κ3) is 6.67. The fraction of sp³-hybridized carbons (Fsp3) is 0.291. The molecule has 0 atom stereocenters. The lowest BCUT2D eigenvalue weighted by molar-refractivity contribution is 0.397. The first-order valence-corrected chi connectivity index (χ1v) is 21.6. The normalized spacial score (nSPS) is 13.9. The smallest absolute Gasteiger partial charge is 0.279 e. The Morgan fingerprint density at radius 3 is 1.50 bits per heavy atom. The molecule has 60 heavy (non-hydrogen) atoms. The molecule has 2 aliphatic heterocycles. The maximum atomic E-state index is 7.27. The lowest BCUT2D eigenvalue weighted by atomic mass is 9.35. The molecule has 0 fully saturated rings. The van der Waals surface area contributed by atoms with E-state index in [9.17, 15) is 0 Å². The number of hydrogen-bond acceptors (Lipinski definition) is 4. The molecule has 0 saturated carbocycles. The van der Waals surface area contributed by atoms with Crippen molar-refractivity contribution in [1.29, 1.82) is 0 Å². The fourth-order valence-electron chi connectivity index (χ4n) is 8.95. The topological polar surface area (TPSA) is 32.5 Å². The quantitative estimate of drug-likeness (QED) is 0.166. The highest BCUT2D eigenvalue weighted by atomic mass is 16.4. The molecule has 0 saturated heterocycles. The van der Waals surface area contributed by atoms with E-state index in [0.717, 1.165) is 56.7 Å². The van der Waals surface area contributed by atoms with Gasteiger partial charge in [0, 0.05) is 39.3 Å². The van der Waals surface area contributed by atoms with Crippen LogP contribution in [0.4, 0.5) is 34.3 Å². The molecule has 2 aliphatic rings. The van der Waals surface area contributed by atoms with Gasteiger partial charge in [0.15, 0.2) is 0 Å². The number of rotatable bonds is 4. The average Bonchev–Trinajstić information content (AvgIpc) is 3.66. The van der Waals surface area contributed by atoms with Crippen LogP contribution in [0.1, 0.15) is 106 Å². The fourth-order valence-corrected chi connectivity index (χ4v) is 8.95. The van der Waals surface area contributed by atoms with Crippen LogP contribution in [0.15, 0.2) is 138 Å². The van der Waals surface area contributed by atoms with Gasteiger partial charge in [0.1, 0.15) is 0 Å². The number of benzene rings is 6. The molecule has 4 nitrogen and oxygen atoms in total. The second-order valence-corrected chi connectivity index (χ2v) is 21.0. The molecule has 0 radical (unpaired) electrons. The van der Waals surface area contributed by atoms with Gasteiger partial charge in [0.2, 0.25) is 11.8 Å². The van der Waals surface area contributed by atoms with E-state index in [1.54, 1.807) is 0 Å². The van der Waals surface area contributed by atoms with Crippen molar-refractivity contribution < 1.29 is 4.42 Å². The van der Waals surface area contributed by atoms with Crippen LogP contribution in [-0.4, -0.2) is 11.7 Å². The molecule has 0 aliphatic carbocycles. The van der Waals surface area contributed by atoms with Crippen LogP contribution in [0.3, 0.4) is 0 Å². The van der Waals surface area contributed by atoms with Crippen molar-refractivity contribution >= 4 is 57.6 Å². The van der Waals surface area contributed by atoms with Gasteiger partial charge >= 0.3 is 0 Å². The van der Waals surface area contributed by atoms with Crippen LogP contribution in [-0.2, 0) is 21.7 Å². The Morgan fingerprint density at radius 2 is 0.983 bits per heavy atom. The number of para-hydroxylation sites is 1. The summed E-state index contributed by atoms with van der Waals surface area (Å²) in [6.45, 7) is 27.2. The molecule has 0 N–H and O–H groups in total. The summed E-state index contributed by atoms with van der Waals surface area (Å²) in [5.41, 5.74) is 17.0. The number of aromatic nitrogens is 1. The van der Waals surface area contributed by atoms with Gasteiger partial charge in [-0.3, -0.25) is 4.90 Å².